The average Bonchev–Trinajstić information content (AvgIpc) is 2.72. The van der Waals surface area contributed by atoms with E-state index in [1.807, 2.05) is 0 Å². The van der Waals surface area contributed by atoms with Crippen molar-refractivity contribution in [1.29, 1.82) is 0 Å². The number of hydrogen-bond donors (Lipinski definition) is 0. The van der Waals surface area contributed by atoms with E-state index < -0.39 is 11.8 Å². The van der Waals surface area contributed by atoms with Crippen molar-refractivity contribution in [3.8, 4) is 0 Å². The zero-order valence-corrected chi connectivity index (χ0v) is 11.0. The van der Waals surface area contributed by atoms with Crippen molar-refractivity contribution in [3.63, 3.8) is 0 Å². The summed E-state index contributed by atoms with van der Waals surface area (Å²) in [5.74, 6) is -4.06. The van der Waals surface area contributed by atoms with Gasteiger partial charge in [-0.15, -0.1) is 0 Å². The number of alkyl halides is 2. The van der Waals surface area contributed by atoms with Crippen LogP contribution in [0.2, 0.25) is 0 Å². The Morgan fingerprint density at radius 2 is 1.89 bits per heavy atom. The number of halogens is 2. The molecule has 3 fully saturated rings. The summed E-state index contributed by atoms with van der Waals surface area (Å²) in [7, 11) is 0. The van der Waals surface area contributed by atoms with E-state index in [-0.39, 0.29) is 17.7 Å². The molecule has 0 radical (unpaired) electrons. The van der Waals surface area contributed by atoms with E-state index in [2.05, 4.69) is 18.7 Å². The number of likely N-dealkylation sites (tertiary alicyclic amines) is 2. The summed E-state index contributed by atoms with van der Waals surface area (Å²) in [5, 5.41) is 0. The first-order valence-electron chi connectivity index (χ1n) is 6.74. The minimum atomic E-state index is -2.73. The third-order valence-electron chi connectivity index (χ3n) is 4.68. The molecule has 5 heteroatoms. The molecule has 0 bridgehead atoms. The minimum absolute atomic E-state index is 0.199. The van der Waals surface area contributed by atoms with Crippen molar-refractivity contribution in [1.82, 2.24) is 9.80 Å². The predicted octanol–water partition coefficient (Wildman–Crippen LogP) is 1.58. The number of nitrogens with zero attached hydrogens (tertiary/aromatic N) is 2. The standard InChI is InChI=1S/C13H20F2N2O/c1-9(2)17-7-12(8-17)3-4-16(6-12)11(18)10-5-13(10,14)15/h9-10H,3-8H2,1-2H3. The van der Waals surface area contributed by atoms with Gasteiger partial charge in [-0.25, -0.2) is 8.78 Å². The van der Waals surface area contributed by atoms with Gasteiger partial charge in [0.2, 0.25) is 5.91 Å². The van der Waals surface area contributed by atoms with Crippen molar-refractivity contribution in [2.24, 2.45) is 11.3 Å². The second-order valence-corrected chi connectivity index (χ2v) is 6.53. The first-order chi connectivity index (χ1) is 8.33. The first kappa shape index (κ1) is 12.3. The van der Waals surface area contributed by atoms with Gasteiger partial charge in [-0.05, 0) is 20.3 Å². The maximum atomic E-state index is 12.9. The minimum Gasteiger partial charge on any atom is -0.342 e. The molecular weight excluding hydrogens is 238 g/mol. The molecule has 2 saturated heterocycles. The number of carbonyl (C=O) groups excluding carboxylic acids is 1. The van der Waals surface area contributed by atoms with Crippen LogP contribution in [0.3, 0.4) is 0 Å². The van der Waals surface area contributed by atoms with Crippen LogP contribution < -0.4 is 0 Å². The lowest BCUT2D eigenvalue weighted by Gasteiger charge is -2.50. The lowest BCUT2D eigenvalue weighted by atomic mass is 9.78. The van der Waals surface area contributed by atoms with Gasteiger partial charge in [-0.2, -0.15) is 0 Å². The summed E-state index contributed by atoms with van der Waals surface area (Å²) in [6, 6.07) is 0.535. The molecule has 3 nitrogen and oxygen atoms in total. The van der Waals surface area contributed by atoms with Gasteiger partial charge < -0.3 is 4.90 Å². The fraction of sp³-hybridized carbons (Fsp3) is 0.923. The van der Waals surface area contributed by atoms with Crippen LogP contribution in [0.1, 0.15) is 26.7 Å². The molecular formula is C13H20F2N2O. The molecule has 1 amide bonds. The Morgan fingerprint density at radius 3 is 2.39 bits per heavy atom. The Morgan fingerprint density at radius 1 is 1.28 bits per heavy atom. The molecule has 1 aliphatic carbocycles. The van der Waals surface area contributed by atoms with Gasteiger partial charge >= 0.3 is 0 Å². The second kappa shape index (κ2) is 3.65. The van der Waals surface area contributed by atoms with Gasteiger partial charge in [0.05, 0.1) is 0 Å². The van der Waals surface area contributed by atoms with Crippen LogP contribution in [0.25, 0.3) is 0 Å². The van der Waals surface area contributed by atoms with Crippen molar-refractivity contribution < 1.29 is 13.6 Å². The van der Waals surface area contributed by atoms with E-state index in [0.29, 0.717) is 19.1 Å². The molecule has 102 valence electrons. The molecule has 1 atom stereocenters. The van der Waals surface area contributed by atoms with E-state index in [4.69, 9.17) is 0 Å². The van der Waals surface area contributed by atoms with E-state index in [9.17, 15) is 13.6 Å². The molecule has 0 aromatic rings. The van der Waals surface area contributed by atoms with Crippen molar-refractivity contribution in [2.75, 3.05) is 26.2 Å². The quantitative estimate of drug-likeness (QED) is 0.751. The van der Waals surface area contributed by atoms with Crippen LogP contribution in [0.4, 0.5) is 8.78 Å². The highest BCUT2D eigenvalue weighted by Gasteiger charge is 2.63. The van der Waals surface area contributed by atoms with Gasteiger partial charge in [-0.1, -0.05) is 0 Å². The topological polar surface area (TPSA) is 23.6 Å². The molecule has 1 spiro atoms. The normalized spacial score (nSPS) is 32.9. The predicted molar refractivity (Wildman–Crippen MR) is 63.4 cm³/mol. The largest absolute Gasteiger partial charge is 0.342 e. The molecule has 1 unspecified atom stereocenters. The summed E-state index contributed by atoms with van der Waals surface area (Å²) in [6.45, 7) is 7.69. The van der Waals surface area contributed by atoms with Gasteiger partial charge in [-0.3, -0.25) is 9.69 Å². The molecule has 2 aliphatic heterocycles. The fourth-order valence-corrected chi connectivity index (χ4v) is 3.26. The molecule has 0 aromatic carbocycles. The van der Waals surface area contributed by atoms with E-state index in [1.54, 1.807) is 4.90 Å². The van der Waals surface area contributed by atoms with Crippen LogP contribution in [0.15, 0.2) is 0 Å². The van der Waals surface area contributed by atoms with E-state index in [1.165, 1.54) is 0 Å². The Labute approximate surface area is 106 Å². The third-order valence-corrected chi connectivity index (χ3v) is 4.68. The van der Waals surface area contributed by atoms with Crippen LogP contribution in [-0.4, -0.2) is 53.9 Å². The lowest BCUT2D eigenvalue weighted by molar-refractivity contribution is -0.135. The van der Waals surface area contributed by atoms with Gasteiger partial charge in [0.15, 0.2) is 0 Å². The second-order valence-electron chi connectivity index (χ2n) is 6.53. The third kappa shape index (κ3) is 1.83. The molecule has 1 saturated carbocycles. The Kier molecular flexibility index (Phi) is 2.50. The Hall–Kier alpha value is -0.710. The van der Waals surface area contributed by atoms with Crippen LogP contribution in [0.5, 0.6) is 0 Å². The Balaban J connectivity index is 1.56. The maximum absolute atomic E-state index is 12.9. The number of hydrogen-bond acceptors (Lipinski definition) is 2. The van der Waals surface area contributed by atoms with Crippen molar-refractivity contribution in [3.05, 3.63) is 0 Å². The molecule has 0 N–H and O–H groups in total. The van der Waals surface area contributed by atoms with Crippen molar-refractivity contribution >= 4 is 5.91 Å². The van der Waals surface area contributed by atoms with E-state index >= 15 is 0 Å². The zero-order valence-electron chi connectivity index (χ0n) is 11.0. The summed E-state index contributed by atoms with van der Waals surface area (Å²) in [5.41, 5.74) is 0.199. The molecule has 2 heterocycles. The smallest absolute Gasteiger partial charge is 0.260 e. The number of rotatable bonds is 2. The zero-order chi connectivity index (χ0) is 13.1. The summed E-state index contributed by atoms with van der Waals surface area (Å²) in [6.07, 6.45) is 0.730. The molecule has 0 aromatic heterocycles. The average molecular weight is 258 g/mol. The maximum Gasteiger partial charge on any atom is 0.260 e. The van der Waals surface area contributed by atoms with Crippen LogP contribution in [-0.2, 0) is 4.79 Å². The summed E-state index contributed by atoms with van der Waals surface area (Å²) >= 11 is 0. The first-order valence-corrected chi connectivity index (χ1v) is 6.74. The van der Waals surface area contributed by atoms with Crippen LogP contribution >= 0.6 is 0 Å². The number of amides is 1. The SMILES string of the molecule is CC(C)N1CC2(CCN(C(=O)C3CC3(F)F)C2)C1. The summed E-state index contributed by atoms with van der Waals surface area (Å²) in [4.78, 5) is 15.9. The Bertz CT molecular complexity index is 377. The fourth-order valence-electron chi connectivity index (χ4n) is 3.26. The molecule has 18 heavy (non-hydrogen) atoms. The van der Waals surface area contributed by atoms with Gasteiger partial charge in [0.25, 0.3) is 5.92 Å². The van der Waals surface area contributed by atoms with Gasteiger partial charge in [0.1, 0.15) is 5.92 Å². The van der Waals surface area contributed by atoms with Gasteiger partial charge in [0, 0.05) is 44.1 Å². The lowest BCUT2D eigenvalue weighted by Crippen LogP contribution is -2.59. The van der Waals surface area contributed by atoms with E-state index in [0.717, 1.165) is 19.5 Å². The highest BCUT2D eigenvalue weighted by atomic mass is 19.3. The molecule has 3 aliphatic rings. The van der Waals surface area contributed by atoms with Crippen molar-refractivity contribution in [2.45, 2.75) is 38.7 Å². The highest BCUT2D eigenvalue weighted by Crippen LogP contribution is 2.51. The van der Waals surface area contributed by atoms with Crippen LogP contribution in [0, 0.1) is 11.3 Å². The molecule has 3 rings (SSSR count). The highest BCUT2D eigenvalue weighted by molar-refractivity contribution is 5.83. The summed E-state index contributed by atoms with van der Waals surface area (Å²) < 4.78 is 25.8. The monoisotopic (exact) mass is 258 g/mol. The number of carbonyl (C=O) groups is 1.